The summed E-state index contributed by atoms with van der Waals surface area (Å²) in [5, 5.41) is 9.68. The van der Waals surface area contributed by atoms with Gasteiger partial charge in [0.1, 0.15) is 12.1 Å². The van der Waals surface area contributed by atoms with Gasteiger partial charge in [-0.15, -0.1) is 0 Å². The van der Waals surface area contributed by atoms with Gasteiger partial charge in [0.25, 0.3) is 0 Å². The van der Waals surface area contributed by atoms with Crippen molar-refractivity contribution in [2.24, 2.45) is 0 Å². The normalized spacial score (nSPS) is 12.3. The van der Waals surface area contributed by atoms with Crippen LogP contribution in [0.4, 0.5) is 9.59 Å². The minimum absolute atomic E-state index is 0.248. The second kappa shape index (κ2) is 12.6. The Morgan fingerprint density at radius 2 is 1.12 bits per heavy atom. The lowest BCUT2D eigenvalue weighted by Gasteiger charge is -2.18. The summed E-state index contributed by atoms with van der Waals surface area (Å²) in [4.78, 5) is 45.8. The van der Waals surface area contributed by atoms with Crippen LogP contribution in [-0.4, -0.2) is 75.9 Å². The molecule has 0 saturated carbocycles. The zero-order valence-corrected chi connectivity index (χ0v) is 15.5. The molecular weight excluding hydrogens is 360 g/mol. The Balaban J connectivity index is 4.45. The molecule has 24 heavy (non-hydrogen) atoms. The SMILES string of the molecule is CNC(=O)[C@H](CSSC[C@H](NC(=O)OC)C(=O)NC)NC(=O)OC. The molecule has 0 aromatic rings. The quantitative estimate of drug-likeness (QED) is 0.304. The highest BCUT2D eigenvalue weighted by atomic mass is 33.1. The minimum atomic E-state index is -0.785. The molecule has 138 valence electrons. The largest absolute Gasteiger partial charge is 0.453 e. The van der Waals surface area contributed by atoms with Crippen LogP contribution in [0.1, 0.15) is 0 Å². The maximum atomic E-state index is 11.7. The van der Waals surface area contributed by atoms with Crippen molar-refractivity contribution >= 4 is 45.6 Å². The van der Waals surface area contributed by atoms with Gasteiger partial charge in [-0.2, -0.15) is 0 Å². The van der Waals surface area contributed by atoms with Crippen LogP contribution in [-0.2, 0) is 19.1 Å². The van der Waals surface area contributed by atoms with E-state index in [0.717, 1.165) is 0 Å². The number of nitrogens with one attached hydrogen (secondary N) is 4. The molecule has 0 unspecified atom stereocenters. The third-order valence-corrected chi connectivity index (χ3v) is 5.06. The van der Waals surface area contributed by atoms with Crippen molar-refractivity contribution in [3.63, 3.8) is 0 Å². The molecule has 0 aliphatic heterocycles. The molecule has 0 fully saturated rings. The number of rotatable bonds is 9. The highest BCUT2D eigenvalue weighted by Crippen LogP contribution is 2.23. The molecule has 0 aliphatic carbocycles. The van der Waals surface area contributed by atoms with Crippen molar-refractivity contribution in [2.75, 3.05) is 39.8 Å². The van der Waals surface area contributed by atoms with Crippen molar-refractivity contribution < 1.29 is 28.7 Å². The molecule has 0 spiro atoms. The van der Waals surface area contributed by atoms with E-state index in [1.807, 2.05) is 0 Å². The predicted octanol–water partition coefficient (Wildman–Crippen LogP) is -0.691. The summed E-state index contributed by atoms with van der Waals surface area (Å²) in [7, 11) is 7.83. The predicted molar refractivity (Wildman–Crippen MR) is 91.7 cm³/mol. The van der Waals surface area contributed by atoms with Gasteiger partial charge in [0, 0.05) is 25.6 Å². The summed E-state index contributed by atoms with van der Waals surface area (Å²) < 4.78 is 8.92. The number of hydrogen-bond donors (Lipinski definition) is 4. The minimum Gasteiger partial charge on any atom is -0.453 e. The summed E-state index contributed by atoms with van der Waals surface area (Å²) in [6.07, 6.45) is -1.44. The topological polar surface area (TPSA) is 135 Å². The lowest BCUT2D eigenvalue weighted by molar-refractivity contribution is -0.122. The van der Waals surface area contributed by atoms with E-state index in [1.54, 1.807) is 0 Å². The Labute approximate surface area is 147 Å². The number of carbonyl (C=O) groups excluding carboxylic acids is 4. The zero-order valence-electron chi connectivity index (χ0n) is 13.8. The van der Waals surface area contributed by atoms with Crippen LogP contribution in [0.3, 0.4) is 0 Å². The number of hydrogen-bond acceptors (Lipinski definition) is 8. The maximum Gasteiger partial charge on any atom is 0.407 e. The van der Waals surface area contributed by atoms with E-state index in [9.17, 15) is 19.2 Å². The van der Waals surface area contributed by atoms with Crippen LogP contribution in [0.2, 0.25) is 0 Å². The van der Waals surface area contributed by atoms with E-state index >= 15 is 0 Å². The number of likely N-dealkylation sites (N-methyl/N-ethyl adjacent to an activating group) is 2. The molecule has 2 atom stereocenters. The Morgan fingerprint density at radius 1 is 0.792 bits per heavy atom. The van der Waals surface area contributed by atoms with Crippen molar-refractivity contribution in [2.45, 2.75) is 12.1 Å². The van der Waals surface area contributed by atoms with Crippen LogP contribution < -0.4 is 21.3 Å². The average molecular weight is 382 g/mol. The maximum absolute atomic E-state index is 11.7. The molecule has 0 aliphatic rings. The van der Waals surface area contributed by atoms with E-state index in [0.29, 0.717) is 0 Å². The van der Waals surface area contributed by atoms with Gasteiger partial charge in [-0.3, -0.25) is 9.59 Å². The smallest absolute Gasteiger partial charge is 0.407 e. The lowest BCUT2D eigenvalue weighted by atomic mass is 10.3. The van der Waals surface area contributed by atoms with Gasteiger partial charge in [0.2, 0.25) is 11.8 Å². The molecule has 0 bridgehead atoms. The first-order valence-electron chi connectivity index (χ1n) is 6.76. The monoisotopic (exact) mass is 382 g/mol. The van der Waals surface area contributed by atoms with E-state index in [4.69, 9.17) is 0 Å². The van der Waals surface area contributed by atoms with Crippen molar-refractivity contribution in [1.82, 2.24) is 21.3 Å². The third-order valence-electron chi connectivity index (χ3n) is 2.63. The molecule has 0 aromatic carbocycles. The molecule has 0 heterocycles. The van der Waals surface area contributed by atoms with Crippen LogP contribution in [0.25, 0.3) is 0 Å². The summed E-state index contributed by atoms with van der Waals surface area (Å²) in [5.41, 5.74) is 0. The summed E-state index contributed by atoms with van der Waals surface area (Å²) in [6, 6.07) is -1.57. The molecule has 4 N–H and O–H groups in total. The first kappa shape index (κ1) is 22.2. The number of carbonyl (C=O) groups is 4. The first-order valence-corrected chi connectivity index (χ1v) is 9.24. The summed E-state index contributed by atoms with van der Waals surface area (Å²) in [5.74, 6) is -0.246. The molecule has 0 aromatic heterocycles. The van der Waals surface area contributed by atoms with E-state index in [-0.39, 0.29) is 23.3 Å². The molecule has 10 nitrogen and oxygen atoms in total. The number of ether oxygens (including phenoxy) is 2. The van der Waals surface area contributed by atoms with E-state index in [1.165, 1.54) is 49.9 Å². The van der Waals surface area contributed by atoms with Gasteiger partial charge in [-0.1, -0.05) is 21.6 Å². The number of alkyl carbamates (subject to hydrolysis) is 2. The standard InChI is InChI=1S/C12H22N4O6S2/c1-13-9(17)7(15-11(19)21-3)5-23-24-6-8(10(18)14-2)16-12(20)22-4/h7-8H,5-6H2,1-4H3,(H,13,17)(H,14,18)(H,15,19)(H,16,20)/t7-,8-/m0/s1. The van der Waals surface area contributed by atoms with Crippen molar-refractivity contribution in [3.8, 4) is 0 Å². The molecule has 12 heteroatoms. The average Bonchev–Trinajstić information content (AvgIpc) is 2.60. The fourth-order valence-corrected chi connectivity index (χ4v) is 3.68. The highest BCUT2D eigenvalue weighted by Gasteiger charge is 2.23. The first-order chi connectivity index (χ1) is 11.4. The fraction of sp³-hybridized carbons (Fsp3) is 0.667. The lowest BCUT2D eigenvalue weighted by Crippen LogP contribution is -2.47. The Bertz CT molecular complexity index is 411. The zero-order chi connectivity index (χ0) is 18.5. The van der Waals surface area contributed by atoms with Crippen LogP contribution >= 0.6 is 21.6 Å². The van der Waals surface area contributed by atoms with Gasteiger partial charge in [0.15, 0.2) is 0 Å². The van der Waals surface area contributed by atoms with E-state index < -0.39 is 24.3 Å². The van der Waals surface area contributed by atoms with Crippen molar-refractivity contribution in [1.29, 1.82) is 0 Å². The van der Waals surface area contributed by atoms with Gasteiger partial charge in [-0.25, -0.2) is 9.59 Å². The van der Waals surface area contributed by atoms with Crippen LogP contribution in [0, 0.1) is 0 Å². The Morgan fingerprint density at radius 3 is 1.38 bits per heavy atom. The Hall–Kier alpha value is -1.82. The van der Waals surface area contributed by atoms with Gasteiger partial charge >= 0.3 is 12.2 Å². The Kier molecular flexibility index (Phi) is 11.6. The van der Waals surface area contributed by atoms with Gasteiger partial charge in [-0.05, 0) is 0 Å². The summed E-state index contributed by atoms with van der Waals surface area (Å²) in [6.45, 7) is 0. The molecule has 0 saturated heterocycles. The molecule has 4 amide bonds. The molecular formula is C12H22N4O6S2. The van der Waals surface area contributed by atoms with Gasteiger partial charge in [0.05, 0.1) is 14.2 Å². The number of methoxy groups -OCH3 is 2. The number of amides is 4. The van der Waals surface area contributed by atoms with Crippen LogP contribution in [0.5, 0.6) is 0 Å². The second-order valence-electron chi connectivity index (χ2n) is 4.17. The second-order valence-corrected chi connectivity index (χ2v) is 6.73. The van der Waals surface area contributed by atoms with Gasteiger partial charge < -0.3 is 30.7 Å². The third kappa shape index (κ3) is 8.72. The van der Waals surface area contributed by atoms with E-state index in [2.05, 4.69) is 30.7 Å². The highest BCUT2D eigenvalue weighted by molar-refractivity contribution is 8.76. The van der Waals surface area contributed by atoms with Crippen molar-refractivity contribution in [3.05, 3.63) is 0 Å². The summed E-state index contributed by atoms with van der Waals surface area (Å²) >= 11 is 0. The van der Waals surface area contributed by atoms with Crippen LogP contribution in [0.15, 0.2) is 0 Å². The fourth-order valence-electron chi connectivity index (χ4n) is 1.35. The molecule has 0 rings (SSSR count). The molecule has 0 radical (unpaired) electrons.